The van der Waals surface area contributed by atoms with E-state index in [9.17, 15) is 0 Å². The Labute approximate surface area is 310 Å². The molecule has 0 bridgehead atoms. The maximum Gasteiger partial charge on any atom is 0.164 e. The normalized spacial score (nSPS) is 13.1. The summed E-state index contributed by atoms with van der Waals surface area (Å²) in [4.78, 5) is 15.2. The lowest BCUT2D eigenvalue weighted by atomic mass is 9.96. The molecular weight excluding hydrogens is 663 g/mol. The maximum absolute atomic E-state index is 6.49. The number of nitrogens with zero attached hydrogens (tertiary/aromatic N) is 3. The summed E-state index contributed by atoms with van der Waals surface area (Å²) in [7, 11) is 0. The predicted molar refractivity (Wildman–Crippen MR) is 220 cm³/mol. The molecule has 1 aliphatic carbocycles. The largest absolute Gasteiger partial charge is 0.456 e. The lowest BCUT2D eigenvalue weighted by Gasteiger charge is -2.12. The molecule has 0 amide bonds. The van der Waals surface area contributed by atoms with Gasteiger partial charge in [0.25, 0.3) is 0 Å². The molecular formula is C49H31N3O2. The first-order valence-corrected chi connectivity index (χ1v) is 18.3. The smallest absolute Gasteiger partial charge is 0.164 e. The second kappa shape index (κ2) is 12.2. The van der Waals surface area contributed by atoms with Gasteiger partial charge in [-0.25, -0.2) is 15.0 Å². The summed E-state index contributed by atoms with van der Waals surface area (Å²) < 4.78 is 12.7. The fraction of sp³-hybridized carbons (Fsp3) is 0.0408. The Hall–Kier alpha value is -7.11. The Morgan fingerprint density at radius 3 is 1.91 bits per heavy atom. The van der Waals surface area contributed by atoms with E-state index in [1.165, 1.54) is 16.3 Å². The minimum absolute atomic E-state index is 0.629. The van der Waals surface area contributed by atoms with Crippen LogP contribution < -0.4 is 0 Å². The van der Waals surface area contributed by atoms with E-state index in [2.05, 4.69) is 133 Å². The van der Waals surface area contributed by atoms with Crippen LogP contribution in [0.4, 0.5) is 0 Å². The summed E-state index contributed by atoms with van der Waals surface area (Å²) >= 11 is 0. The van der Waals surface area contributed by atoms with Crippen molar-refractivity contribution in [1.82, 2.24) is 15.0 Å². The molecule has 0 radical (unpaired) electrons. The Bertz CT molecular complexity index is 3160. The molecule has 0 spiro atoms. The van der Waals surface area contributed by atoms with Gasteiger partial charge in [-0.15, -0.1) is 0 Å². The summed E-state index contributed by atoms with van der Waals surface area (Å²) in [6, 6.07) is 50.6. The highest BCUT2D eigenvalue weighted by atomic mass is 16.3. The van der Waals surface area contributed by atoms with Gasteiger partial charge in [0.1, 0.15) is 22.3 Å². The Balaban J connectivity index is 1.00. The van der Waals surface area contributed by atoms with Crippen LogP contribution >= 0.6 is 0 Å². The number of allylic oxidation sites excluding steroid dienone is 4. The number of para-hydroxylation sites is 1. The van der Waals surface area contributed by atoms with Crippen molar-refractivity contribution in [3.63, 3.8) is 0 Å². The van der Waals surface area contributed by atoms with Crippen molar-refractivity contribution >= 4 is 60.2 Å². The molecule has 0 fully saturated rings. The van der Waals surface area contributed by atoms with E-state index in [1.54, 1.807) is 0 Å². The quantitative estimate of drug-likeness (QED) is 0.179. The molecule has 5 nitrogen and oxygen atoms in total. The maximum atomic E-state index is 6.49. The number of aromatic nitrogens is 3. The number of rotatable bonds is 5. The fourth-order valence-corrected chi connectivity index (χ4v) is 7.93. The van der Waals surface area contributed by atoms with Gasteiger partial charge in [-0.2, -0.15) is 0 Å². The fourth-order valence-electron chi connectivity index (χ4n) is 7.93. The van der Waals surface area contributed by atoms with Crippen LogP contribution in [0.1, 0.15) is 18.7 Å². The Kier molecular flexibility index (Phi) is 6.92. The first kappa shape index (κ1) is 30.5. The summed E-state index contributed by atoms with van der Waals surface area (Å²) in [5.74, 6) is 1.96. The topological polar surface area (TPSA) is 65.0 Å². The molecule has 11 rings (SSSR count). The van der Waals surface area contributed by atoms with Crippen LogP contribution in [0.3, 0.4) is 0 Å². The lowest BCUT2D eigenvalue weighted by Crippen LogP contribution is -2.04. The minimum Gasteiger partial charge on any atom is -0.456 e. The third-order valence-corrected chi connectivity index (χ3v) is 10.6. The molecule has 254 valence electrons. The molecule has 5 heteroatoms. The molecule has 7 aromatic carbocycles. The summed E-state index contributed by atoms with van der Waals surface area (Å²) in [6.07, 6.45) is 8.22. The van der Waals surface area contributed by atoms with Crippen LogP contribution in [0.2, 0.25) is 0 Å². The van der Waals surface area contributed by atoms with Gasteiger partial charge < -0.3 is 8.83 Å². The number of hydrogen-bond acceptors (Lipinski definition) is 5. The number of fused-ring (bicyclic) bond motifs is 7. The van der Waals surface area contributed by atoms with Crippen molar-refractivity contribution < 1.29 is 8.83 Å². The molecule has 0 aliphatic heterocycles. The van der Waals surface area contributed by atoms with Crippen molar-refractivity contribution in [1.29, 1.82) is 0 Å². The third-order valence-electron chi connectivity index (χ3n) is 10.6. The van der Waals surface area contributed by atoms with Gasteiger partial charge >= 0.3 is 0 Å². The van der Waals surface area contributed by atoms with Gasteiger partial charge in [-0.3, -0.25) is 0 Å². The standard InChI is InChI=1S/C49H31N3O2/c1-2-11-32(12-3-1)47-50-48(52-49(51-47)40-16-9-19-43-46(40)38-14-6-7-17-41(38)53-43)33-23-21-31(22-24-33)37-15-8-18-42-45(37)39-27-26-36(29-44(39)54-42)35-25-20-30-10-4-5-13-34(30)28-35/h1-2,4-11,13-29H,3,12H2. The van der Waals surface area contributed by atoms with Gasteiger partial charge in [0.2, 0.25) is 0 Å². The highest BCUT2D eigenvalue weighted by Gasteiger charge is 2.19. The highest BCUT2D eigenvalue weighted by molar-refractivity contribution is 6.13. The van der Waals surface area contributed by atoms with Crippen LogP contribution in [0.15, 0.2) is 173 Å². The van der Waals surface area contributed by atoms with Crippen LogP contribution in [0, 0.1) is 0 Å². The van der Waals surface area contributed by atoms with Crippen LogP contribution in [-0.2, 0) is 0 Å². The van der Waals surface area contributed by atoms with Gasteiger partial charge in [0.15, 0.2) is 17.5 Å². The molecule has 54 heavy (non-hydrogen) atoms. The number of hydrogen-bond donors (Lipinski definition) is 0. The zero-order valence-electron chi connectivity index (χ0n) is 29.2. The van der Waals surface area contributed by atoms with Crippen molar-refractivity contribution in [2.45, 2.75) is 12.8 Å². The van der Waals surface area contributed by atoms with Crippen LogP contribution in [0.25, 0.3) is 105 Å². The Morgan fingerprint density at radius 2 is 1.06 bits per heavy atom. The van der Waals surface area contributed by atoms with E-state index < -0.39 is 0 Å². The average Bonchev–Trinajstić information content (AvgIpc) is 3.82. The van der Waals surface area contributed by atoms with Gasteiger partial charge in [-0.05, 0) is 87.8 Å². The van der Waals surface area contributed by atoms with Crippen molar-refractivity contribution in [3.8, 4) is 45.0 Å². The monoisotopic (exact) mass is 693 g/mol. The first-order valence-electron chi connectivity index (χ1n) is 18.3. The van der Waals surface area contributed by atoms with Crippen molar-refractivity contribution in [2.75, 3.05) is 0 Å². The average molecular weight is 694 g/mol. The molecule has 1 aliphatic rings. The second-order valence-corrected chi connectivity index (χ2v) is 13.9. The van der Waals surface area contributed by atoms with Crippen molar-refractivity contribution in [3.05, 3.63) is 170 Å². The first-order chi connectivity index (χ1) is 26.7. The van der Waals surface area contributed by atoms with E-state index in [4.69, 9.17) is 23.8 Å². The summed E-state index contributed by atoms with van der Waals surface area (Å²) in [5, 5.41) is 6.71. The zero-order valence-corrected chi connectivity index (χ0v) is 29.2. The summed E-state index contributed by atoms with van der Waals surface area (Å²) in [6.45, 7) is 0. The van der Waals surface area contributed by atoms with Crippen LogP contribution in [0.5, 0.6) is 0 Å². The van der Waals surface area contributed by atoms with E-state index >= 15 is 0 Å². The van der Waals surface area contributed by atoms with E-state index in [-0.39, 0.29) is 0 Å². The highest BCUT2D eigenvalue weighted by Crippen LogP contribution is 2.40. The molecule has 0 unspecified atom stereocenters. The number of furan rings is 2. The molecule has 0 saturated carbocycles. The predicted octanol–water partition coefficient (Wildman–Crippen LogP) is 13.2. The molecule has 0 saturated heterocycles. The lowest BCUT2D eigenvalue weighted by molar-refractivity contribution is 0.668. The molecule has 0 N–H and O–H groups in total. The third kappa shape index (κ3) is 5.05. The van der Waals surface area contributed by atoms with Crippen molar-refractivity contribution in [2.24, 2.45) is 0 Å². The SMILES string of the molecule is C1=CCCC(c2nc(-c3ccc(-c4cccc5oc6cc(-c7ccc8ccccc8c7)ccc6c45)cc3)nc(-c3cccc4oc5ccccc5c34)n2)=C1. The van der Waals surface area contributed by atoms with E-state index in [1.807, 2.05) is 30.3 Å². The minimum atomic E-state index is 0.629. The molecule has 0 atom stereocenters. The zero-order chi connectivity index (χ0) is 35.6. The molecule has 3 aromatic heterocycles. The molecule has 10 aromatic rings. The van der Waals surface area contributed by atoms with Gasteiger partial charge in [0.05, 0.1) is 0 Å². The molecule has 3 heterocycles. The summed E-state index contributed by atoms with van der Waals surface area (Å²) in [5.41, 5.74) is 10.8. The van der Waals surface area contributed by atoms with Gasteiger partial charge in [-0.1, -0.05) is 127 Å². The van der Waals surface area contributed by atoms with E-state index in [0.717, 1.165) is 90.1 Å². The van der Waals surface area contributed by atoms with E-state index in [0.29, 0.717) is 17.5 Å². The Morgan fingerprint density at radius 1 is 0.426 bits per heavy atom. The second-order valence-electron chi connectivity index (χ2n) is 13.9. The van der Waals surface area contributed by atoms with Crippen LogP contribution in [-0.4, -0.2) is 15.0 Å². The van der Waals surface area contributed by atoms with Gasteiger partial charge in [0, 0.05) is 32.7 Å². The number of benzene rings is 7.